The molecule has 1 aromatic heterocycles. The van der Waals surface area contributed by atoms with E-state index < -0.39 is 10.1 Å². The van der Waals surface area contributed by atoms with Crippen LogP contribution in [0.5, 0.6) is 0 Å². The molecule has 0 radical (unpaired) electrons. The summed E-state index contributed by atoms with van der Waals surface area (Å²) in [5, 5.41) is 0. The fraction of sp³-hybridized carbons (Fsp3) is 0.0625. The summed E-state index contributed by atoms with van der Waals surface area (Å²) in [7, 11) is -4.58. The second kappa shape index (κ2) is 6.07. The SMILES string of the molecule is C=C=C(C(C)=O)c1cc[n+](-c2ccccc2S(=O)(=O)[O-])cc1. The minimum absolute atomic E-state index is 0.171. The number of Topliss-reactive ketones (excluding diaryl/α,β-unsaturated/α-hetero) is 1. The van der Waals surface area contributed by atoms with Crippen molar-refractivity contribution < 1.29 is 22.3 Å². The molecule has 2 aromatic rings. The van der Waals surface area contributed by atoms with Gasteiger partial charge in [-0.25, -0.2) is 8.42 Å². The highest BCUT2D eigenvalue weighted by atomic mass is 32.2. The number of allylic oxidation sites excluding steroid dienone is 1. The Kier molecular flexibility index (Phi) is 4.37. The molecular weight excluding hydrogens is 302 g/mol. The summed E-state index contributed by atoms with van der Waals surface area (Å²) in [6, 6.07) is 9.15. The van der Waals surface area contributed by atoms with Gasteiger partial charge in [-0.2, -0.15) is 4.57 Å². The van der Waals surface area contributed by atoms with Crippen LogP contribution in [0.4, 0.5) is 0 Å². The molecule has 22 heavy (non-hydrogen) atoms. The van der Waals surface area contributed by atoms with Crippen LogP contribution >= 0.6 is 0 Å². The molecule has 0 aliphatic carbocycles. The summed E-state index contributed by atoms with van der Waals surface area (Å²) >= 11 is 0. The Morgan fingerprint density at radius 3 is 2.27 bits per heavy atom. The van der Waals surface area contributed by atoms with Crippen molar-refractivity contribution in [3.63, 3.8) is 0 Å². The van der Waals surface area contributed by atoms with E-state index in [9.17, 15) is 17.8 Å². The van der Waals surface area contributed by atoms with E-state index in [-0.39, 0.29) is 16.4 Å². The first-order valence-electron chi connectivity index (χ1n) is 6.32. The van der Waals surface area contributed by atoms with E-state index in [2.05, 4.69) is 12.3 Å². The number of para-hydroxylation sites is 1. The first-order chi connectivity index (χ1) is 10.3. The highest BCUT2D eigenvalue weighted by Crippen LogP contribution is 2.16. The number of pyridine rings is 1. The van der Waals surface area contributed by atoms with E-state index in [0.717, 1.165) is 0 Å². The Bertz CT molecular complexity index is 877. The summed E-state index contributed by atoms with van der Waals surface area (Å²) in [5.74, 6) is -0.171. The van der Waals surface area contributed by atoms with E-state index in [4.69, 9.17) is 0 Å². The molecule has 1 aromatic carbocycles. The van der Waals surface area contributed by atoms with Crippen molar-refractivity contribution in [1.82, 2.24) is 0 Å². The van der Waals surface area contributed by atoms with E-state index in [1.807, 2.05) is 0 Å². The van der Waals surface area contributed by atoms with E-state index in [0.29, 0.717) is 11.1 Å². The van der Waals surface area contributed by atoms with Crippen molar-refractivity contribution >= 4 is 21.5 Å². The van der Waals surface area contributed by atoms with Crippen LogP contribution in [0.2, 0.25) is 0 Å². The molecule has 0 aliphatic heterocycles. The number of hydrogen-bond donors (Lipinski definition) is 0. The first-order valence-corrected chi connectivity index (χ1v) is 7.73. The lowest BCUT2D eigenvalue weighted by Crippen LogP contribution is -2.31. The Labute approximate surface area is 128 Å². The standard InChI is InChI=1S/C16H13NO4S/c1-3-14(12(2)18)13-8-10-17(11-9-13)15-6-4-5-7-16(15)22(19,20)21/h4-11H,1H2,2H3. The minimum Gasteiger partial charge on any atom is -0.744 e. The van der Waals surface area contributed by atoms with Gasteiger partial charge in [-0.05, 0) is 13.0 Å². The van der Waals surface area contributed by atoms with Gasteiger partial charge in [0.2, 0.25) is 5.69 Å². The predicted octanol–water partition coefficient (Wildman–Crippen LogP) is 1.62. The summed E-state index contributed by atoms with van der Waals surface area (Å²) in [6.45, 7) is 4.89. The smallest absolute Gasteiger partial charge is 0.228 e. The number of benzene rings is 1. The molecule has 0 saturated heterocycles. The topological polar surface area (TPSA) is 78.1 Å². The fourth-order valence-electron chi connectivity index (χ4n) is 2.07. The number of aromatic nitrogens is 1. The molecule has 0 bridgehead atoms. The Balaban J connectivity index is 2.54. The van der Waals surface area contributed by atoms with Crippen LogP contribution in [0, 0.1) is 0 Å². The number of carbonyl (C=O) groups is 1. The highest BCUT2D eigenvalue weighted by molar-refractivity contribution is 7.85. The molecular formula is C16H13NO4S. The molecule has 5 nitrogen and oxygen atoms in total. The lowest BCUT2D eigenvalue weighted by Gasteiger charge is -2.08. The van der Waals surface area contributed by atoms with Crippen molar-refractivity contribution in [3.05, 3.63) is 66.7 Å². The number of ketones is 1. The van der Waals surface area contributed by atoms with E-state index in [1.54, 1.807) is 30.6 Å². The van der Waals surface area contributed by atoms with Crippen molar-refractivity contribution in [2.45, 2.75) is 11.8 Å². The fourth-order valence-corrected chi connectivity index (χ4v) is 2.74. The Morgan fingerprint density at radius 2 is 1.77 bits per heavy atom. The van der Waals surface area contributed by atoms with E-state index in [1.165, 1.54) is 29.7 Å². The van der Waals surface area contributed by atoms with Crippen LogP contribution in [0.3, 0.4) is 0 Å². The van der Waals surface area contributed by atoms with Crippen molar-refractivity contribution in [2.24, 2.45) is 0 Å². The highest BCUT2D eigenvalue weighted by Gasteiger charge is 2.17. The molecule has 112 valence electrons. The maximum absolute atomic E-state index is 11.4. The maximum Gasteiger partial charge on any atom is 0.228 e. The van der Waals surface area contributed by atoms with Gasteiger partial charge in [0.05, 0.1) is 5.57 Å². The molecule has 0 atom stereocenters. The zero-order valence-corrected chi connectivity index (χ0v) is 12.6. The molecule has 0 spiro atoms. The van der Waals surface area contributed by atoms with Crippen molar-refractivity contribution in [3.8, 4) is 5.69 Å². The van der Waals surface area contributed by atoms with Gasteiger partial charge in [0, 0.05) is 23.8 Å². The van der Waals surface area contributed by atoms with Gasteiger partial charge in [-0.15, -0.1) is 5.73 Å². The molecule has 0 unspecified atom stereocenters. The third kappa shape index (κ3) is 3.20. The zero-order valence-electron chi connectivity index (χ0n) is 11.8. The summed E-state index contributed by atoms with van der Waals surface area (Å²) in [4.78, 5) is 11.1. The van der Waals surface area contributed by atoms with Gasteiger partial charge in [0.1, 0.15) is 15.0 Å². The molecule has 1 heterocycles. The van der Waals surface area contributed by atoms with Crippen LogP contribution in [0.25, 0.3) is 11.3 Å². The monoisotopic (exact) mass is 315 g/mol. The van der Waals surface area contributed by atoms with Crippen LogP contribution < -0.4 is 4.57 Å². The Morgan fingerprint density at radius 1 is 1.18 bits per heavy atom. The Hall–Kier alpha value is -2.53. The average Bonchev–Trinajstić information content (AvgIpc) is 2.47. The van der Waals surface area contributed by atoms with Gasteiger partial charge in [0.25, 0.3) is 0 Å². The van der Waals surface area contributed by atoms with Crippen molar-refractivity contribution in [2.75, 3.05) is 0 Å². The maximum atomic E-state index is 11.4. The lowest BCUT2D eigenvalue weighted by atomic mass is 10.1. The molecule has 0 N–H and O–H groups in total. The molecule has 0 amide bonds. The zero-order chi connectivity index (χ0) is 16.3. The predicted molar refractivity (Wildman–Crippen MR) is 79.2 cm³/mol. The molecule has 0 fully saturated rings. The number of carbonyl (C=O) groups excluding carboxylic acids is 1. The van der Waals surface area contributed by atoms with Gasteiger partial charge in [-0.3, -0.25) is 4.79 Å². The minimum atomic E-state index is -4.58. The van der Waals surface area contributed by atoms with Gasteiger partial charge in [0.15, 0.2) is 18.2 Å². The summed E-state index contributed by atoms with van der Waals surface area (Å²) in [6.07, 6.45) is 3.14. The normalized spacial score (nSPS) is 10.8. The number of hydrogen-bond acceptors (Lipinski definition) is 4. The van der Waals surface area contributed by atoms with E-state index >= 15 is 0 Å². The molecule has 2 rings (SSSR count). The third-order valence-electron chi connectivity index (χ3n) is 3.06. The van der Waals surface area contributed by atoms with Crippen LogP contribution in [0.1, 0.15) is 12.5 Å². The quantitative estimate of drug-likeness (QED) is 0.372. The average molecular weight is 315 g/mol. The number of nitrogens with zero attached hydrogens (tertiary/aromatic N) is 1. The second-order valence-corrected chi connectivity index (χ2v) is 5.87. The second-order valence-electron chi connectivity index (χ2n) is 4.52. The van der Waals surface area contributed by atoms with Crippen molar-refractivity contribution in [1.29, 1.82) is 0 Å². The third-order valence-corrected chi connectivity index (χ3v) is 3.94. The molecule has 6 heteroatoms. The molecule has 0 aliphatic rings. The largest absolute Gasteiger partial charge is 0.744 e. The number of rotatable bonds is 4. The van der Waals surface area contributed by atoms with Crippen LogP contribution in [-0.2, 0) is 14.9 Å². The lowest BCUT2D eigenvalue weighted by molar-refractivity contribution is -0.598. The van der Waals surface area contributed by atoms with Crippen LogP contribution in [-0.4, -0.2) is 18.8 Å². The van der Waals surface area contributed by atoms with Gasteiger partial charge in [-0.1, -0.05) is 18.7 Å². The molecule has 0 saturated carbocycles. The van der Waals surface area contributed by atoms with Gasteiger partial charge >= 0.3 is 0 Å². The summed E-state index contributed by atoms with van der Waals surface area (Å²) in [5.41, 5.74) is 3.78. The first kappa shape index (κ1) is 15.9. The summed E-state index contributed by atoms with van der Waals surface area (Å²) < 4.78 is 35.4. The van der Waals surface area contributed by atoms with Gasteiger partial charge < -0.3 is 4.55 Å². The van der Waals surface area contributed by atoms with Crippen LogP contribution in [0.15, 0.2) is 66.0 Å².